The Morgan fingerprint density at radius 1 is 1.35 bits per heavy atom. The number of ether oxygens (including phenoxy) is 1. The van der Waals surface area contributed by atoms with Crippen molar-refractivity contribution in [3.8, 4) is 0 Å². The third kappa shape index (κ3) is 6.26. The third-order valence-corrected chi connectivity index (χ3v) is 2.78. The first kappa shape index (κ1) is 15.9. The first-order chi connectivity index (χ1) is 7.92. The van der Waals surface area contributed by atoms with Gasteiger partial charge in [0.15, 0.2) is 0 Å². The molecule has 0 aromatic carbocycles. The van der Waals surface area contributed by atoms with Gasteiger partial charge in [0, 0.05) is 20.1 Å². The second-order valence-electron chi connectivity index (χ2n) is 4.53. The van der Waals surface area contributed by atoms with Gasteiger partial charge >= 0.3 is 5.97 Å². The molecule has 0 aromatic heterocycles. The minimum Gasteiger partial charge on any atom is -0.480 e. The second kappa shape index (κ2) is 8.06. The highest BCUT2D eigenvalue weighted by Gasteiger charge is 2.25. The maximum absolute atomic E-state index is 11.6. The molecule has 1 amide bonds. The largest absolute Gasteiger partial charge is 0.480 e. The van der Waals surface area contributed by atoms with E-state index in [0.29, 0.717) is 13.0 Å². The number of amides is 1. The number of nitrogens with one attached hydrogen (secondary N) is 1. The Kier molecular flexibility index (Phi) is 7.54. The van der Waals surface area contributed by atoms with E-state index in [1.54, 1.807) is 7.11 Å². The smallest absolute Gasteiger partial charge is 0.326 e. The van der Waals surface area contributed by atoms with Crippen LogP contribution in [0.4, 0.5) is 0 Å². The summed E-state index contributed by atoms with van der Waals surface area (Å²) in [6, 6.07) is -0.803. The van der Waals surface area contributed by atoms with Gasteiger partial charge in [0.1, 0.15) is 6.04 Å². The number of methoxy groups -OCH3 is 1. The van der Waals surface area contributed by atoms with Crippen molar-refractivity contribution in [1.29, 1.82) is 0 Å². The minimum absolute atomic E-state index is 0.0748. The van der Waals surface area contributed by atoms with E-state index in [1.165, 1.54) is 0 Å². The molecule has 3 atom stereocenters. The molecule has 0 aliphatic rings. The average molecular weight is 245 g/mol. The molecule has 100 valence electrons. The zero-order valence-electron chi connectivity index (χ0n) is 11.0. The monoisotopic (exact) mass is 245 g/mol. The van der Waals surface area contributed by atoms with Crippen LogP contribution in [0.2, 0.25) is 0 Å². The predicted molar refractivity (Wildman–Crippen MR) is 64.7 cm³/mol. The van der Waals surface area contributed by atoms with Crippen LogP contribution in [0.1, 0.15) is 33.6 Å². The number of carboxylic acid groups (broad SMARTS) is 1. The van der Waals surface area contributed by atoms with E-state index in [4.69, 9.17) is 9.84 Å². The van der Waals surface area contributed by atoms with Gasteiger partial charge in [0.2, 0.25) is 5.91 Å². The first-order valence-electron chi connectivity index (χ1n) is 5.93. The molecular formula is C12H23NO4. The van der Waals surface area contributed by atoms with Crippen molar-refractivity contribution in [1.82, 2.24) is 5.32 Å². The fourth-order valence-corrected chi connectivity index (χ4v) is 1.58. The van der Waals surface area contributed by atoms with Crippen LogP contribution in [0.25, 0.3) is 0 Å². The van der Waals surface area contributed by atoms with Crippen molar-refractivity contribution in [3.05, 3.63) is 0 Å². The summed E-state index contributed by atoms with van der Waals surface area (Å²) in [4.78, 5) is 22.6. The van der Waals surface area contributed by atoms with Gasteiger partial charge in [-0.25, -0.2) is 4.79 Å². The summed E-state index contributed by atoms with van der Waals surface area (Å²) in [7, 11) is 1.58. The van der Waals surface area contributed by atoms with Crippen molar-refractivity contribution in [3.63, 3.8) is 0 Å². The quantitative estimate of drug-likeness (QED) is 0.675. The summed E-state index contributed by atoms with van der Waals surface area (Å²) in [5.41, 5.74) is 0. The molecule has 0 bridgehead atoms. The topological polar surface area (TPSA) is 75.6 Å². The van der Waals surface area contributed by atoms with Gasteiger partial charge < -0.3 is 15.2 Å². The standard InChI is InChI=1S/C12H23NO4/c1-5-9(3)11(12(15)16)13-10(14)6-8(2)7-17-4/h8-9,11H,5-7H2,1-4H3,(H,13,14)(H,15,16). The van der Waals surface area contributed by atoms with Crippen LogP contribution in [0, 0.1) is 11.8 Å². The Hall–Kier alpha value is -1.10. The molecule has 3 unspecified atom stereocenters. The normalized spacial score (nSPS) is 16.0. The minimum atomic E-state index is -0.980. The number of carboxylic acids is 1. The van der Waals surface area contributed by atoms with Crippen LogP contribution >= 0.6 is 0 Å². The Labute approximate surface area is 103 Å². The molecule has 0 aromatic rings. The highest BCUT2D eigenvalue weighted by atomic mass is 16.5. The molecule has 5 nitrogen and oxygen atoms in total. The summed E-state index contributed by atoms with van der Waals surface area (Å²) >= 11 is 0. The van der Waals surface area contributed by atoms with Crippen molar-refractivity contribution < 1.29 is 19.4 Å². The molecule has 0 fully saturated rings. The summed E-state index contributed by atoms with van der Waals surface area (Å²) < 4.78 is 4.93. The first-order valence-corrected chi connectivity index (χ1v) is 5.93. The molecule has 17 heavy (non-hydrogen) atoms. The lowest BCUT2D eigenvalue weighted by atomic mass is 9.98. The van der Waals surface area contributed by atoms with Crippen LogP contribution in [-0.2, 0) is 14.3 Å². The lowest BCUT2D eigenvalue weighted by molar-refractivity contribution is -0.143. The molecule has 0 saturated heterocycles. The number of rotatable bonds is 8. The van der Waals surface area contributed by atoms with Gasteiger partial charge in [-0.15, -0.1) is 0 Å². The van der Waals surface area contributed by atoms with Crippen molar-refractivity contribution >= 4 is 11.9 Å². The fourth-order valence-electron chi connectivity index (χ4n) is 1.58. The Morgan fingerprint density at radius 2 is 1.94 bits per heavy atom. The lowest BCUT2D eigenvalue weighted by Crippen LogP contribution is -2.45. The number of hydrogen-bond acceptors (Lipinski definition) is 3. The van der Waals surface area contributed by atoms with E-state index in [2.05, 4.69) is 5.32 Å². The Bertz CT molecular complexity index is 255. The van der Waals surface area contributed by atoms with E-state index in [9.17, 15) is 9.59 Å². The molecule has 0 heterocycles. The zero-order valence-corrected chi connectivity index (χ0v) is 11.0. The fraction of sp³-hybridized carbons (Fsp3) is 0.833. The summed E-state index contributed by atoms with van der Waals surface area (Å²) in [5, 5.41) is 11.6. The molecule has 0 radical (unpaired) electrons. The van der Waals surface area contributed by atoms with Crippen LogP contribution in [-0.4, -0.2) is 36.7 Å². The molecule has 5 heteroatoms. The van der Waals surface area contributed by atoms with Gasteiger partial charge in [-0.1, -0.05) is 27.2 Å². The van der Waals surface area contributed by atoms with E-state index in [0.717, 1.165) is 0 Å². The summed E-state index contributed by atoms with van der Waals surface area (Å²) in [5.74, 6) is -1.20. The summed E-state index contributed by atoms with van der Waals surface area (Å²) in [6.07, 6.45) is 0.999. The maximum Gasteiger partial charge on any atom is 0.326 e. The molecule has 0 saturated carbocycles. The van der Waals surface area contributed by atoms with Crippen molar-refractivity contribution in [2.75, 3.05) is 13.7 Å². The molecule has 0 aliphatic heterocycles. The maximum atomic E-state index is 11.6. The number of aliphatic carboxylic acids is 1. The average Bonchev–Trinajstić information content (AvgIpc) is 2.24. The second-order valence-corrected chi connectivity index (χ2v) is 4.53. The number of carbonyl (C=O) groups excluding carboxylic acids is 1. The molecule has 0 rings (SSSR count). The Balaban J connectivity index is 4.27. The molecular weight excluding hydrogens is 222 g/mol. The lowest BCUT2D eigenvalue weighted by Gasteiger charge is -2.21. The van der Waals surface area contributed by atoms with Crippen LogP contribution in [0.15, 0.2) is 0 Å². The third-order valence-electron chi connectivity index (χ3n) is 2.78. The summed E-state index contributed by atoms with van der Waals surface area (Å²) in [6.45, 7) is 6.11. The van der Waals surface area contributed by atoms with E-state index < -0.39 is 12.0 Å². The molecule has 0 aliphatic carbocycles. The number of hydrogen-bond donors (Lipinski definition) is 2. The van der Waals surface area contributed by atoms with E-state index >= 15 is 0 Å². The van der Waals surface area contributed by atoms with Crippen LogP contribution in [0.3, 0.4) is 0 Å². The number of carbonyl (C=O) groups is 2. The van der Waals surface area contributed by atoms with Crippen molar-refractivity contribution in [2.45, 2.75) is 39.7 Å². The van der Waals surface area contributed by atoms with Gasteiger partial charge in [-0.2, -0.15) is 0 Å². The van der Waals surface area contributed by atoms with E-state index in [1.807, 2.05) is 20.8 Å². The van der Waals surface area contributed by atoms with Gasteiger partial charge in [0.05, 0.1) is 0 Å². The molecule has 2 N–H and O–H groups in total. The van der Waals surface area contributed by atoms with Crippen LogP contribution in [0.5, 0.6) is 0 Å². The highest BCUT2D eigenvalue weighted by Crippen LogP contribution is 2.09. The highest BCUT2D eigenvalue weighted by molar-refractivity contribution is 5.83. The molecule has 0 spiro atoms. The van der Waals surface area contributed by atoms with Gasteiger partial charge in [-0.05, 0) is 11.8 Å². The zero-order chi connectivity index (χ0) is 13.4. The predicted octanol–water partition coefficient (Wildman–Crippen LogP) is 1.27. The van der Waals surface area contributed by atoms with Crippen molar-refractivity contribution in [2.24, 2.45) is 11.8 Å². The van der Waals surface area contributed by atoms with Gasteiger partial charge in [-0.3, -0.25) is 4.79 Å². The SMILES string of the molecule is CCC(C)C(NC(=O)CC(C)COC)C(=O)O. The van der Waals surface area contributed by atoms with E-state index in [-0.39, 0.29) is 24.2 Å². The Morgan fingerprint density at radius 3 is 2.35 bits per heavy atom. The van der Waals surface area contributed by atoms with Gasteiger partial charge in [0.25, 0.3) is 0 Å². The van der Waals surface area contributed by atoms with Crippen LogP contribution < -0.4 is 5.32 Å².